The Morgan fingerprint density at radius 2 is 1.91 bits per heavy atom. The molecule has 0 aliphatic rings. The minimum absolute atomic E-state index is 0.440. The van der Waals surface area contributed by atoms with Gasteiger partial charge in [0, 0.05) is 10.6 Å². The molecule has 0 saturated heterocycles. The third-order valence-electron chi connectivity index (χ3n) is 3.15. The molecule has 0 aliphatic carbocycles. The fraction of sp³-hybridized carbons (Fsp3) is 0.188. The second kappa shape index (κ2) is 7.11. The van der Waals surface area contributed by atoms with Gasteiger partial charge in [0.15, 0.2) is 0 Å². The molecule has 1 aromatic heterocycles. The number of hydrogen-bond acceptors (Lipinski definition) is 5. The van der Waals surface area contributed by atoms with Crippen molar-refractivity contribution in [2.45, 2.75) is 6.54 Å². The van der Waals surface area contributed by atoms with Crippen molar-refractivity contribution in [1.82, 2.24) is 20.2 Å². The Hall–Kier alpha value is -2.60. The first kappa shape index (κ1) is 15.3. The van der Waals surface area contributed by atoms with Gasteiger partial charge in [0.05, 0.1) is 13.7 Å². The lowest BCUT2D eigenvalue weighted by atomic mass is 10.2. The Bertz CT molecular complexity index is 774. The van der Waals surface area contributed by atoms with Crippen LogP contribution in [-0.2, 0) is 6.54 Å². The van der Waals surface area contributed by atoms with E-state index in [1.165, 1.54) is 4.80 Å². The van der Waals surface area contributed by atoms with Gasteiger partial charge < -0.3 is 9.47 Å². The summed E-state index contributed by atoms with van der Waals surface area (Å²) in [4.78, 5) is 1.50. The van der Waals surface area contributed by atoms with Crippen molar-refractivity contribution in [3.63, 3.8) is 0 Å². The number of halogens is 1. The summed E-state index contributed by atoms with van der Waals surface area (Å²) in [6, 6.07) is 14.7. The lowest BCUT2D eigenvalue weighted by Gasteiger charge is -2.05. The van der Waals surface area contributed by atoms with E-state index >= 15 is 0 Å². The molecule has 3 rings (SSSR count). The Balaban J connectivity index is 1.59. The standard InChI is InChI=1S/C16H15ClN4O2/c1-22-15-4-2-3-12(11-15)16-18-20-21(19-16)9-10-23-14-7-5-13(17)6-8-14/h2-8,11H,9-10H2,1H3. The van der Waals surface area contributed by atoms with Gasteiger partial charge in [-0.2, -0.15) is 4.80 Å². The van der Waals surface area contributed by atoms with Crippen LogP contribution in [0.3, 0.4) is 0 Å². The Morgan fingerprint density at radius 3 is 2.70 bits per heavy atom. The monoisotopic (exact) mass is 330 g/mol. The first-order valence-corrected chi connectivity index (χ1v) is 7.43. The van der Waals surface area contributed by atoms with Crippen molar-refractivity contribution < 1.29 is 9.47 Å². The molecule has 0 amide bonds. The van der Waals surface area contributed by atoms with E-state index < -0.39 is 0 Å². The van der Waals surface area contributed by atoms with Crippen LogP contribution in [0.15, 0.2) is 48.5 Å². The maximum Gasteiger partial charge on any atom is 0.205 e. The molecule has 0 unspecified atom stereocenters. The minimum Gasteiger partial charge on any atom is -0.497 e. The molecule has 0 saturated carbocycles. The number of tetrazole rings is 1. The van der Waals surface area contributed by atoms with Crippen LogP contribution in [0, 0.1) is 0 Å². The van der Waals surface area contributed by atoms with E-state index in [4.69, 9.17) is 21.1 Å². The molecule has 0 bridgehead atoms. The Labute approximate surface area is 138 Å². The average molecular weight is 331 g/mol. The van der Waals surface area contributed by atoms with Gasteiger partial charge in [-0.25, -0.2) is 0 Å². The van der Waals surface area contributed by atoms with E-state index in [1.54, 1.807) is 19.2 Å². The number of benzene rings is 2. The summed E-state index contributed by atoms with van der Waals surface area (Å²) in [5, 5.41) is 13.1. The number of nitrogens with zero attached hydrogens (tertiary/aromatic N) is 4. The van der Waals surface area contributed by atoms with Gasteiger partial charge in [0.25, 0.3) is 0 Å². The number of aromatic nitrogens is 4. The molecule has 0 aliphatic heterocycles. The molecule has 2 aromatic carbocycles. The van der Waals surface area contributed by atoms with E-state index in [1.807, 2.05) is 36.4 Å². The van der Waals surface area contributed by atoms with Crippen molar-refractivity contribution in [1.29, 1.82) is 0 Å². The van der Waals surface area contributed by atoms with Gasteiger partial charge in [-0.3, -0.25) is 0 Å². The van der Waals surface area contributed by atoms with Gasteiger partial charge >= 0.3 is 0 Å². The third kappa shape index (κ3) is 3.98. The van der Waals surface area contributed by atoms with Gasteiger partial charge in [-0.05, 0) is 41.6 Å². The summed E-state index contributed by atoms with van der Waals surface area (Å²) in [6.07, 6.45) is 0. The first-order chi connectivity index (χ1) is 11.2. The minimum atomic E-state index is 0.440. The summed E-state index contributed by atoms with van der Waals surface area (Å²) in [6.45, 7) is 0.940. The Morgan fingerprint density at radius 1 is 1.09 bits per heavy atom. The quantitative estimate of drug-likeness (QED) is 0.695. The molecule has 3 aromatic rings. The third-order valence-corrected chi connectivity index (χ3v) is 3.41. The zero-order valence-corrected chi connectivity index (χ0v) is 13.3. The normalized spacial score (nSPS) is 10.5. The predicted octanol–water partition coefficient (Wildman–Crippen LogP) is 3.08. The summed E-state index contributed by atoms with van der Waals surface area (Å²) < 4.78 is 10.8. The molecule has 0 radical (unpaired) electrons. The van der Waals surface area contributed by atoms with Crippen LogP contribution < -0.4 is 9.47 Å². The van der Waals surface area contributed by atoms with Crippen LogP contribution in [0.5, 0.6) is 11.5 Å². The smallest absolute Gasteiger partial charge is 0.205 e. The molecule has 118 valence electrons. The highest BCUT2D eigenvalue weighted by Gasteiger charge is 2.07. The molecule has 1 heterocycles. The second-order valence-electron chi connectivity index (χ2n) is 4.74. The second-order valence-corrected chi connectivity index (χ2v) is 5.18. The van der Waals surface area contributed by atoms with Crippen LogP contribution in [0.1, 0.15) is 0 Å². The van der Waals surface area contributed by atoms with Gasteiger partial charge in [0.2, 0.25) is 5.82 Å². The largest absolute Gasteiger partial charge is 0.497 e. The molecule has 23 heavy (non-hydrogen) atoms. The van der Waals surface area contributed by atoms with Gasteiger partial charge in [-0.1, -0.05) is 23.7 Å². The fourth-order valence-electron chi connectivity index (χ4n) is 1.99. The fourth-order valence-corrected chi connectivity index (χ4v) is 2.12. The van der Waals surface area contributed by atoms with E-state index in [9.17, 15) is 0 Å². The van der Waals surface area contributed by atoms with Crippen molar-refractivity contribution in [2.75, 3.05) is 13.7 Å². The zero-order valence-electron chi connectivity index (χ0n) is 12.5. The molecule has 7 heteroatoms. The molecule has 6 nitrogen and oxygen atoms in total. The summed E-state index contributed by atoms with van der Waals surface area (Å²) in [5.74, 6) is 2.06. The van der Waals surface area contributed by atoms with Gasteiger partial charge in [0.1, 0.15) is 18.1 Å². The van der Waals surface area contributed by atoms with Crippen molar-refractivity contribution in [2.24, 2.45) is 0 Å². The highest BCUT2D eigenvalue weighted by atomic mass is 35.5. The molecule has 0 spiro atoms. The van der Waals surface area contributed by atoms with Crippen molar-refractivity contribution in [3.05, 3.63) is 53.6 Å². The molecule has 0 N–H and O–H groups in total. The Kier molecular flexibility index (Phi) is 4.73. The number of rotatable bonds is 6. The molecule has 0 fully saturated rings. The summed E-state index contributed by atoms with van der Waals surface area (Å²) in [5.41, 5.74) is 0.856. The molecular formula is C16H15ClN4O2. The van der Waals surface area contributed by atoms with Crippen LogP contribution in [-0.4, -0.2) is 33.9 Å². The number of hydrogen-bond donors (Lipinski definition) is 0. The van der Waals surface area contributed by atoms with E-state index in [0.29, 0.717) is 24.0 Å². The summed E-state index contributed by atoms with van der Waals surface area (Å²) >= 11 is 5.83. The van der Waals surface area contributed by atoms with Crippen LogP contribution >= 0.6 is 11.6 Å². The summed E-state index contributed by atoms with van der Waals surface area (Å²) in [7, 11) is 1.62. The average Bonchev–Trinajstić information content (AvgIpc) is 3.06. The van der Waals surface area contributed by atoms with Crippen molar-refractivity contribution >= 4 is 11.6 Å². The van der Waals surface area contributed by atoms with E-state index in [-0.39, 0.29) is 0 Å². The highest BCUT2D eigenvalue weighted by molar-refractivity contribution is 6.30. The topological polar surface area (TPSA) is 62.1 Å². The number of ether oxygens (including phenoxy) is 2. The van der Waals surface area contributed by atoms with Crippen LogP contribution in [0.4, 0.5) is 0 Å². The molecular weight excluding hydrogens is 316 g/mol. The number of methoxy groups -OCH3 is 1. The SMILES string of the molecule is COc1cccc(-c2nnn(CCOc3ccc(Cl)cc3)n2)c1. The predicted molar refractivity (Wildman–Crippen MR) is 86.8 cm³/mol. The van der Waals surface area contributed by atoms with Gasteiger partial charge in [-0.15, -0.1) is 10.2 Å². The van der Waals surface area contributed by atoms with E-state index in [2.05, 4.69) is 15.4 Å². The maximum atomic E-state index is 5.83. The van der Waals surface area contributed by atoms with E-state index in [0.717, 1.165) is 17.1 Å². The zero-order chi connectivity index (χ0) is 16.1. The van der Waals surface area contributed by atoms with Crippen LogP contribution in [0.2, 0.25) is 5.02 Å². The lowest BCUT2D eigenvalue weighted by Crippen LogP contribution is -2.11. The van der Waals surface area contributed by atoms with Crippen LogP contribution in [0.25, 0.3) is 11.4 Å². The van der Waals surface area contributed by atoms with Crippen molar-refractivity contribution in [3.8, 4) is 22.9 Å². The lowest BCUT2D eigenvalue weighted by molar-refractivity contribution is 0.280. The molecule has 0 atom stereocenters. The highest BCUT2D eigenvalue weighted by Crippen LogP contribution is 2.20. The first-order valence-electron chi connectivity index (χ1n) is 7.05. The maximum absolute atomic E-state index is 5.83.